The van der Waals surface area contributed by atoms with Gasteiger partial charge in [-0.05, 0) is 18.6 Å². The van der Waals surface area contributed by atoms with Gasteiger partial charge in [0.05, 0.1) is 5.69 Å². The average molecular weight is 214 g/mol. The van der Waals surface area contributed by atoms with E-state index in [4.69, 9.17) is 0 Å². The Morgan fingerprint density at radius 1 is 1.21 bits per heavy atom. The minimum absolute atomic E-state index is 0.612. The van der Waals surface area contributed by atoms with E-state index in [-0.39, 0.29) is 0 Å². The Balaban J connectivity index is 2.96. The maximum absolute atomic E-state index is 11.5. The van der Waals surface area contributed by atoms with Gasteiger partial charge in [0.1, 0.15) is 0 Å². The van der Waals surface area contributed by atoms with Crippen molar-refractivity contribution in [3.05, 3.63) is 29.8 Å². The van der Waals surface area contributed by atoms with E-state index < -0.39 is 10.2 Å². The molecule has 0 fully saturated rings. The van der Waals surface area contributed by atoms with Gasteiger partial charge in [0.15, 0.2) is 0 Å². The SMILES string of the molecule is Cc1ccccc1NS(=O)(=O)N(C)C. The van der Waals surface area contributed by atoms with Gasteiger partial charge in [-0.1, -0.05) is 18.2 Å². The van der Waals surface area contributed by atoms with Crippen molar-refractivity contribution in [3.8, 4) is 0 Å². The largest absolute Gasteiger partial charge is 0.301 e. The monoisotopic (exact) mass is 214 g/mol. The molecule has 0 unspecified atom stereocenters. The van der Waals surface area contributed by atoms with E-state index in [1.807, 2.05) is 19.1 Å². The zero-order chi connectivity index (χ0) is 10.8. The molecule has 4 nitrogen and oxygen atoms in total. The van der Waals surface area contributed by atoms with Crippen molar-refractivity contribution in [2.45, 2.75) is 6.92 Å². The van der Waals surface area contributed by atoms with Gasteiger partial charge in [0.2, 0.25) is 0 Å². The van der Waals surface area contributed by atoms with Crippen molar-refractivity contribution in [1.82, 2.24) is 4.31 Å². The van der Waals surface area contributed by atoms with Crippen LogP contribution in [0, 0.1) is 6.92 Å². The Morgan fingerprint density at radius 3 is 2.29 bits per heavy atom. The number of nitrogens with zero attached hydrogens (tertiary/aromatic N) is 1. The zero-order valence-corrected chi connectivity index (χ0v) is 9.30. The second-order valence-corrected chi connectivity index (χ2v) is 5.09. The lowest BCUT2D eigenvalue weighted by Gasteiger charge is -2.14. The highest BCUT2D eigenvalue weighted by Gasteiger charge is 2.13. The Hall–Kier alpha value is -1.07. The van der Waals surface area contributed by atoms with Gasteiger partial charge in [-0.15, -0.1) is 0 Å². The van der Waals surface area contributed by atoms with Gasteiger partial charge in [-0.25, -0.2) is 0 Å². The number of aryl methyl sites for hydroxylation is 1. The van der Waals surface area contributed by atoms with Gasteiger partial charge < -0.3 is 0 Å². The summed E-state index contributed by atoms with van der Waals surface area (Å²) in [5.74, 6) is 0. The lowest BCUT2D eigenvalue weighted by atomic mass is 10.2. The third-order valence-corrected chi connectivity index (χ3v) is 3.30. The van der Waals surface area contributed by atoms with E-state index in [1.165, 1.54) is 14.1 Å². The van der Waals surface area contributed by atoms with E-state index >= 15 is 0 Å². The fourth-order valence-electron chi connectivity index (χ4n) is 0.918. The van der Waals surface area contributed by atoms with Gasteiger partial charge in [-0.3, -0.25) is 4.72 Å². The molecule has 0 saturated heterocycles. The van der Waals surface area contributed by atoms with Gasteiger partial charge in [0, 0.05) is 14.1 Å². The summed E-state index contributed by atoms with van der Waals surface area (Å²) >= 11 is 0. The van der Waals surface area contributed by atoms with E-state index in [2.05, 4.69) is 4.72 Å². The summed E-state index contributed by atoms with van der Waals surface area (Å²) in [5.41, 5.74) is 1.51. The summed E-state index contributed by atoms with van der Waals surface area (Å²) in [7, 11) is -0.417. The predicted octanol–water partition coefficient (Wildman–Crippen LogP) is 1.21. The number of hydrogen-bond acceptors (Lipinski definition) is 2. The van der Waals surface area contributed by atoms with Crippen LogP contribution in [0.1, 0.15) is 5.56 Å². The van der Waals surface area contributed by atoms with Crippen LogP contribution in [0.2, 0.25) is 0 Å². The number of benzene rings is 1. The molecule has 1 N–H and O–H groups in total. The molecular weight excluding hydrogens is 200 g/mol. The van der Waals surface area contributed by atoms with Crippen LogP contribution in [0.5, 0.6) is 0 Å². The van der Waals surface area contributed by atoms with Crippen molar-refractivity contribution in [2.75, 3.05) is 18.8 Å². The average Bonchev–Trinajstić information content (AvgIpc) is 2.08. The normalized spacial score (nSPS) is 11.7. The lowest BCUT2D eigenvalue weighted by molar-refractivity contribution is 0.527. The standard InChI is InChI=1S/C9H14N2O2S/c1-8-6-4-5-7-9(8)10-14(12,13)11(2)3/h4-7,10H,1-3H3. The van der Waals surface area contributed by atoms with Crippen molar-refractivity contribution < 1.29 is 8.42 Å². The summed E-state index contributed by atoms with van der Waals surface area (Å²) < 4.78 is 26.6. The van der Waals surface area contributed by atoms with Crippen molar-refractivity contribution >= 4 is 15.9 Å². The molecule has 5 heteroatoms. The third-order valence-electron chi connectivity index (χ3n) is 1.86. The van der Waals surface area contributed by atoms with Crippen LogP contribution in [-0.4, -0.2) is 26.8 Å². The fraction of sp³-hybridized carbons (Fsp3) is 0.333. The van der Waals surface area contributed by atoms with E-state index in [1.54, 1.807) is 12.1 Å². The first-order chi connectivity index (χ1) is 6.43. The minimum atomic E-state index is -3.39. The molecule has 1 rings (SSSR count). The second kappa shape index (κ2) is 3.98. The molecule has 0 atom stereocenters. The molecule has 0 saturated carbocycles. The molecule has 14 heavy (non-hydrogen) atoms. The van der Waals surface area contributed by atoms with Crippen molar-refractivity contribution in [1.29, 1.82) is 0 Å². The third kappa shape index (κ3) is 2.46. The van der Waals surface area contributed by atoms with Gasteiger partial charge in [-0.2, -0.15) is 12.7 Å². The number of para-hydroxylation sites is 1. The molecule has 78 valence electrons. The summed E-state index contributed by atoms with van der Waals surface area (Å²) in [6.07, 6.45) is 0. The van der Waals surface area contributed by atoms with E-state index in [0.717, 1.165) is 9.87 Å². The van der Waals surface area contributed by atoms with E-state index in [9.17, 15) is 8.42 Å². The zero-order valence-electron chi connectivity index (χ0n) is 8.48. The number of nitrogens with one attached hydrogen (secondary N) is 1. The first-order valence-corrected chi connectivity index (χ1v) is 5.63. The van der Waals surface area contributed by atoms with Crippen molar-refractivity contribution in [2.24, 2.45) is 0 Å². The lowest BCUT2D eigenvalue weighted by Crippen LogP contribution is -2.29. The smallest absolute Gasteiger partial charge is 0.271 e. The Labute approximate surface area is 84.7 Å². The Kier molecular flexibility index (Phi) is 3.13. The van der Waals surface area contributed by atoms with Crippen LogP contribution < -0.4 is 4.72 Å². The maximum Gasteiger partial charge on any atom is 0.301 e. The molecule has 0 aromatic heterocycles. The molecule has 1 aromatic rings. The van der Waals surface area contributed by atoms with Crippen LogP contribution in [0.25, 0.3) is 0 Å². The van der Waals surface area contributed by atoms with Crippen LogP contribution >= 0.6 is 0 Å². The molecule has 0 spiro atoms. The molecule has 0 radical (unpaired) electrons. The van der Waals surface area contributed by atoms with Crippen LogP contribution in [-0.2, 0) is 10.2 Å². The van der Waals surface area contributed by atoms with Gasteiger partial charge in [0.25, 0.3) is 0 Å². The quantitative estimate of drug-likeness (QED) is 0.822. The molecule has 0 aliphatic carbocycles. The van der Waals surface area contributed by atoms with E-state index in [0.29, 0.717) is 5.69 Å². The summed E-state index contributed by atoms with van der Waals surface area (Å²) in [5, 5.41) is 0. The molecular formula is C9H14N2O2S. The highest BCUT2D eigenvalue weighted by Crippen LogP contribution is 2.15. The van der Waals surface area contributed by atoms with Crippen LogP contribution in [0.15, 0.2) is 24.3 Å². The molecule has 0 bridgehead atoms. The molecule has 0 aliphatic heterocycles. The van der Waals surface area contributed by atoms with Crippen molar-refractivity contribution in [3.63, 3.8) is 0 Å². The van der Waals surface area contributed by atoms with Gasteiger partial charge >= 0.3 is 10.2 Å². The number of hydrogen-bond donors (Lipinski definition) is 1. The number of rotatable bonds is 3. The van der Waals surface area contributed by atoms with Crippen LogP contribution in [0.3, 0.4) is 0 Å². The summed E-state index contributed by atoms with van der Waals surface area (Å²) in [6, 6.07) is 7.24. The summed E-state index contributed by atoms with van der Waals surface area (Å²) in [6.45, 7) is 1.85. The molecule has 0 amide bonds. The first kappa shape index (κ1) is 11.0. The maximum atomic E-state index is 11.5. The Morgan fingerprint density at radius 2 is 1.79 bits per heavy atom. The van der Waals surface area contributed by atoms with Crippen LogP contribution in [0.4, 0.5) is 5.69 Å². The highest BCUT2D eigenvalue weighted by molar-refractivity contribution is 7.90. The first-order valence-electron chi connectivity index (χ1n) is 4.19. The number of anilines is 1. The summed E-state index contributed by atoms with van der Waals surface area (Å²) in [4.78, 5) is 0. The molecule has 0 aliphatic rings. The fourth-order valence-corrected chi connectivity index (χ4v) is 1.61. The molecule has 1 aromatic carbocycles. The minimum Gasteiger partial charge on any atom is -0.271 e. The highest BCUT2D eigenvalue weighted by atomic mass is 32.2. The Bertz CT molecular complexity index is 413. The predicted molar refractivity (Wildman–Crippen MR) is 57.4 cm³/mol. The topological polar surface area (TPSA) is 49.4 Å². The second-order valence-electron chi connectivity index (χ2n) is 3.20. The molecule has 0 heterocycles.